The van der Waals surface area contributed by atoms with Crippen molar-refractivity contribution in [1.82, 2.24) is 0 Å². The SMILES string of the molecule is CC(C(=O)OC(C)(C)C)C1=CC(C(C)C)CCC1. The first-order chi connectivity index (χ1) is 8.20. The van der Waals surface area contributed by atoms with Crippen molar-refractivity contribution < 1.29 is 9.53 Å². The molecule has 0 aliphatic heterocycles. The van der Waals surface area contributed by atoms with Crippen LogP contribution in [0.5, 0.6) is 0 Å². The van der Waals surface area contributed by atoms with E-state index in [1.165, 1.54) is 18.4 Å². The first-order valence-corrected chi connectivity index (χ1v) is 7.14. The zero-order valence-corrected chi connectivity index (χ0v) is 12.7. The summed E-state index contributed by atoms with van der Waals surface area (Å²) in [5.41, 5.74) is 0.882. The molecule has 2 nitrogen and oxygen atoms in total. The normalized spacial score (nSPS) is 22.6. The predicted molar refractivity (Wildman–Crippen MR) is 75.3 cm³/mol. The maximum absolute atomic E-state index is 12.1. The lowest BCUT2D eigenvalue weighted by Gasteiger charge is -2.28. The Labute approximate surface area is 112 Å². The van der Waals surface area contributed by atoms with E-state index in [9.17, 15) is 4.79 Å². The minimum absolute atomic E-state index is 0.0850. The molecule has 2 atom stereocenters. The third-order valence-electron chi connectivity index (χ3n) is 3.60. The number of esters is 1. The van der Waals surface area contributed by atoms with Crippen LogP contribution in [0.3, 0.4) is 0 Å². The van der Waals surface area contributed by atoms with Crippen molar-refractivity contribution >= 4 is 5.97 Å². The van der Waals surface area contributed by atoms with Crippen LogP contribution in [-0.2, 0) is 9.53 Å². The number of carbonyl (C=O) groups excluding carboxylic acids is 1. The molecule has 1 aliphatic carbocycles. The van der Waals surface area contributed by atoms with E-state index >= 15 is 0 Å². The maximum Gasteiger partial charge on any atom is 0.313 e. The summed E-state index contributed by atoms with van der Waals surface area (Å²) in [6.07, 6.45) is 5.82. The molecule has 1 rings (SSSR count). The fourth-order valence-electron chi connectivity index (χ4n) is 2.41. The van der Waals surface area contributed by atoms with Crippen molar-refractivity contribution in [2.24, 2.45) is 17.8 Å². The molecule has 0 spiro atoms. The van der Waals surface area contributed by atoms with Gasteiger partial charge in [0, 0.05) is 0 Å². The Hall–Kier alpha value is -0.790. The van der Waals surface area contributed by atoms with Crippen LogP contribution in [0.4, 0.5) is 0 Å². The number of ether oxygens (including phenoxy) is 1. The van der Waals surface area contributed by atoms with Gasteiger partial charge in [0.25, 0.3) is 0 Å². The van der Waals surface area contributed by atoms with E-state index in [1.807, 2.05) is 27.7 Å². The van der Waals surface area contributed by atoms with Crippen LogP contribution < -0.4 is 0 Å². The Kier molecular flexibility index (Phi) is 5.01. The quantitative estimate of drug-likeness (QED) is 0.551. The number of hydrogen-bond acceptors (Lipinski definition) is 2. The fourth-order valence-corrected chi connectivity index (χ4v) is 2.41. The zero-order chi connectivity index (χ0) is 13.9. The Balaban J connectivity index is 2.71. The highest BCUT2D eigenvalue weighted by molar-refractivity contribution is 5.75. The van der Waals surface area contributed by atoms with Gasteiger partial charge in [-0.2, -0.15) is 0 Å². The molecule has 2 unspecified atom stereocenters. The highest BCUT2D eigenvalue weighted by atomic mass is 16.6. The van der Waals surface area contributed by atoms with Crippen LogP contribution >= 0.6 is 0 Å². The van der Waals surface area contributed by atoms with Crippen LogP contribution in [0, 0.1) is 17.8 Å². The van der Waals surface area contributed by atoms with E-state index in [0.717, 1.165) is 6.42 Å². The Morgan fingerprint density at radius 3 is 2.44 bits per heavy atom. The molecule has 0 radical (unpaired) electrons. The molecule has 0 aromatic rings. The first-order valence-electron chi connectivity index (χ1n) is 7.14. The van der Waals surface area contributed by atoms with Gasteiger partial charge in [0.1, 0.15) is 5.60 Å². The zero-order valence-electron chi connectivity index (χ0n) is 12.7. The summed E-state index contributed by atoms with van der Waals surface area (Å²) in [6, 6.07) is 0. The van der Waals surface area contributed by atoms with Crippen molar-refractivity contribution in [1.29, 1.82) is 0 Å². The molecule has 0 fully saturated rings. The molecule has 0 saturated carbocycles. The minimum Gasteiger partial charge on any atom is -0.460 e. The second kappa shape index (κ2) is 5.90. The van der Waals surface area contributed by atoms with Crippen LogP contribution in [-0.4, -0.2) is 11.6 Å². The van der Waals surface area contributed by atoms with Crippen LogP contribution in [0.2, 0.25) is 0 Å². The highest BCUT2D eigenvalue weighted by Crippen LogP contribution is 2.32. The molecule has 0 saturated heterocycles. The molecule has 0 amide bonds. The van der Waals surface area contributed by atoms with Gasteiger partial charge in [-0.3, -0.25) is 4.79 Å². The van der Waals surface area contributed by atoms with Gasteiger partial charge < -0.3 is 4.74 Å². The summed E-state index contributed by atoms with van der Waals surface area (Å²) in [4.78, 5) is 12.1. The Morgan fingerprint density at radius 2 is 1.94 bits per heavy atom. The van der Waals surface area contributed by atoms with Crippen LogP contribution in [0.15, 0.2) is 11.6 Å². The van der Waals surface area contributed by atoms with Crippen molar-refractivity contribution in [3.8, 4) is 0 Å². The second-order valence-electron chi connectivity index (χ2n) is 6.80. The van der Waals surface area contributed by atoms with Gasteiger partial charge >= 0.3 is 5.97 Å². The van der Waals surface area contributed by atoms with Crippen molar-refractivity contribution in [2.45, 2.75) is 66.4 Å². The van der Waals surface area contributed by atoms with Gasteiger partial charge in [-0.15, -0.1) is 0 Å². The standard InChI is InChI=1S/C16H28O2/c1-11(2)13-8-7-9-14(10-13)12(3)15(17)18-16(4,5)6/h10-13H,7-9H2,1-6H3. The van der Waals surface area contributed by atoms with E-state index in [1.54, 1.807) is 0 Å². The molecular formula is C16H28O2. The Bertz CT molecular complexity index is 320. The van der Waals surface area contributed by atoms with Crippen molar-refractivity contribution in [3.05, 3.63) is 11.6 Å². The predicted octanol–water partition coefficient (Wildman–Crippen LogP) is 4.35. The molecule has 2 heteroatoms. The van der Waals surface area contributed by atoms with Gasteiger partial charge in [0.15, 0.2) is 0 Å². The lowest BCUT2D eigenvalue weighted by atomic mass is 9.80. The summed E-state index contributed by atoms with van der Waals surface area (Å²) < 4.78 is 5.47. The van der Waals surface area contributed by atoms with Gasteiger partial charge in [0.2, 0.25) is 0 Å². The molecule has 0 aromatic heterocycles. The van der Waals surface area contributed by atoms with E-state index in [2.05, 4.69) is 19.9 Å². The Morgan fingerprint density at radius 1 is 1.33 bits per heavy atom. The third-order valence-corrected chi connectivity index (χ3v) is 3.60. The van der Waals surface area contributed by atoms with Crippen LogP contribution in [0.25, 0.3) is 0 Å². The van der Waals surface area contributed by atoms with E-state index in [0.29, 0.717) is 11.8 Å². The molecule has 0 aromatic carbocycles. The summed E-state index contributed by atoms with van der Waals surface area (Å²) in [6.45, 7) is 12.2. The lowest BCUT2D eigenvalue weighted by Crippen LogP contribution is -2.29. The van der Waals surface area contributed by atoms with Gasteiger partial charge in [-0.05, 0) is 58.8 Å². The lowest BCUT2D eigenvalue weighted by molar-refractivity contribution is -0.158. The van der Waals surface area contributed by atoms with Crippen molar-refractivity contribution in [3.63, 3.8) is 0 Å². The van der Waals surface area contributed by atoms with Crippen molar-refractivity contribution in [2.75, 3.05) is 0 Å². The topological polar surface area (TPSA) is 26.3 Å². The van der Waals surface area contributed by atoms with Gasteiger partial charge in [-0.1, -0.05) is 25.5 Å². The highest BCUT2D eigenvalue weighted by Gasteiger charge is 2.27. The average Bonchev–Trinajstić information content (AvgIpc) is 2.26. The van der Waals surface area contributed by atoms with E-state index < -0.39 is 5.60 Å². The molecule has 18 heavy (non-hydrogen) atoms. The molecule has 1 aliphatic rings. The monoisotopic (exact) mass is 252 g/mol. The molecule has 0 N–H and O–H groups in total. The first kappa shape index (κ1) is 15.3. The maximum atomic E-state index is 12.1. The summed E-state index contributed by atoms with van der Waals surface area (Å²) >= 11 is 0. The van der Waals surface area contributed by atoms with Crippen LogP contribution in [0.1, 0.15) is 60.8 Å². The molecular weight excluding hydrogens is 224 g/mol. The average molecular weight is 252 g/mol. The smallest absolute Gasteiger partial charge is 0.313 e. The number of hydrogen-bond donors (Lipinski definition) is 0. The van der Waals surface area contributed by atoms with E-state index in [4.69, 9.17) is 4.74 Å². The van der Waals surface area contributed by atoms with Gasteiger partial charge in [-0.25, -0.2) is 0 Å². The molecule has 0 bridgehead atoms. The van der Waals surface area contributed by atoms with Gasteiger partial charge in [0.05, 0.1) is 5.92 Å². The molecule has 104 valence electrons. The third kappa shape index (κ3) is 4.47. The minimum atomic E-state index is -0.391. The summed E-state index contributed by atoms with van der Waals surface area (Å²) in [5, 5.41) is 0. The number of rotatable bonds is 3. The largest absolute Gasteiger partial charge is 0.460 e. The summed E-state index contributed by atoms with van der Waals surface area (Å²) in [5.74, 6) is 1.11. The number of allylic oxidation sites excluding steroid dienone is 1. The number of carbonyl (C=O) groups is 1. The van der Waals surface area contributed by atoms with E-state index in [-0.39, 0.29) is 11.9 Å². The fraction of sp³-hybridized carbons (Fsp3) is 0.812. The molecule has 0 heterocycles. The summed E-state index contributed by atoms with van der Waals surface area (Å²) in [7, 11) is 0. The second-order valence-corrected chi connectivity index (χ2v) is 6.80.